The van der Waals surface area contributed by atoms with Crippen LogP contribution < -0.4 is 5.32 Å². The largest absolute Gasteiger partial charge is 0.313 e. The predicted molar refractivity (Wildman–Crippen MR) is 78.4 cm³/mol. The Morgan fingerprint density at radius 2 is 1.69 bits per heavy atom. The molecule has 98 valence electrons. The van der Waals surface area contributed by atoms with Gasteiger partial charge in [-0.3, -0.25) is 0 Å². The second-order valence-corrected chi connectivity index (χ2v) is 5.79. The number of hydrogen-bond acceptors (Lipinski definition) is 2. The van der Waals surface area contributed by atoms with Crippen LogP contribution in [0, 0.1) is 5.92 Å². The van der Waals surface area contributed by atoms with Crippen LogP contribution in [-0.4, -0.2) is 24.1 Å². The van der Waals surface area contributed by atoms with Crippen molar-refractivity contribution in [2.24, 2.45) is 5.92 Å². The summed E-state index contributed by atoms with van der Waals surface area (Å²) in [6.45, 7) is 10.3. The summed E-state index contributed by atoms with van der Waals surface area (Å²) in [5.74, 6) is 3.52. The lowest BCUT2D eigenvalue weighted by molar-refractivity contribution is 0.384. The van der Waals surface area contributed by atoms with Gasteiger partial charge < -0.3 is 5.32 Å². The SMILES string of the molecule is CCCNC(CSCCC)CC(CC)CC. The maximum absolute atomic E-state index is 3.71. The number of thioether (sulfide) groups is 1. The van der Waals surface area contributed by atoms with Gasteiger partial charge in [0.15, 0.2) is 0 Å². The molecule has 1 atom stereocenters. The molecule has 0 bridgehead atoms. The Kier molecular flexibility index (Phi) is 12.0. The summed E-state index contributed by atoms with van der Waals surface area (Å²) in [6.07, 6.45) is 6.58. The highest BCUT2D eigenvalue weighted by Crippen LogP contribution is 2.18. The molecule has 0 spiro atoms. The maximum atomic E-state index is 3.71. The van der Waals surface area contributed by atoms with E-state index in [1.165, 1.54) is 50.2 Å². The van der Waals surface area contributed by atoms with E-state index in [-0.39, 0.29) is 0 Å². The summed E-state index contributed by atoms with van der Waals surface area (Å²) in [5, 5.41) is 3.71. The average molecular weight is 245 g/mol. The Bertz CT molecular complexity index is 135. The van der Waals surface area contributed by atoms with Gasteiger partial charge in [0.1, 0.15) is 0 Å². The summed E-state index contributed by atoms with van der Waals surface area (Å²) < 4.78 is 0. The molecule has 0 saturated carbocycles. The van der Waals surface area contributed by atoms with Crippen LogP contribution in [0.4, 0.5) is 0 Å². The number of rotatable bonds is 11. The minimum absolute atomic E-state index is 0.737. The third-order valence-electron chi connectivity index (χ3n) is 3.12. The monoisotopic (exact) mass is 245 g/mol. The molecule has 0 aliphatic carbocycles. The molecule has 0 amide bonds. The van der Waals surface area contributed by atoms with Crippen LogP contribution in [0.2, 0.25) is 0 Å². The van der Waals surface area contributed by atoms with Crippen LogP contribution in [0.15, 0.2) is 0 Å². The van der Waals surface area contributed by atoms with Gasteiger partial charge in [0, 0.05) is 11.8 Å². The quantitative estimate of drug-likeness (QED) is 0.544. The van der Waals surface area contributed by atoms with E-state index in [1.54, 1.807) is 0 Å². The van der Waals surface area contributed by atoms with Crippen LogP contribution in [0.3, 0.4) is 0 Å². The van der Waals surface area contributed by atoms with Gasteiger partial charge >= 0.3 is 0 Å². The summed E-state index contributed by atoms with van der Waals surface area (Å²) >= 11 is 2.11. The van der Waals surface area contributed by atoms with Gasteiger partial charge in [0.2, 0.25) is 0 Å². The molecule has 2 heteroatoms. The molecule has 1 N–H and O–H groups in total. The van der Waals surface area contributed by atoms with E-state index in [9.17, 15) is 0 Å². The summed E-state index contributed by atoms with van der Waals surface area (Å²) in [5.41, 5.74) is 0. The Labute approximate surface area is 107 Å². The first-order valence-electron chi connectivity index (χ1n) is 7.09. The maximum Gasteiger partial charge on any atom is 0.0160 e. The Morgan fingerprint density at radius 3 is 2.19 bits per heavy atom. The lowest BCUT2D eigenvalue weighted by atomic mass is 9.95. The lowest BCUT2D eigenvalue weighted by Gasteiger charge is -2.22. The van der Waals surface area contributed by atoms with Gasteiger partial charge in [-0.15, -0.1) is 0 Å². The van der Waals surface area contributed by atoms with E-state index in [4.69, 9.17) is 0 Å². The minimum Gasteiger partial charge on any atom is -0.313 e. The molecule has 0 fully saturated rings. The first-order valence-corrected chi connectivity index (χ1v) is 8.24. The topological polar surface area (TPSA) is 12.0 Å². The van der Waals surface area contributed by atoms with Crippen molar-refractivity contribution in [2.75, 3.05) is 18.1 Å². The standard InChI is InChI=1S/C14H31NS/c1-5-9-15-14(12-16-10-6-2)11-13(7-3)8-4/h13-15H,5-12H2,1-4H3. The van der Waals surface area contributed by atoms with Crippen LogP contribution >= 0.6 is 11.8 Å². The summed E-state index contributed by atoms with van der Waals surface area (Å²) in [6, 6.07) is 0.737. The number of hydrogen-bond donors (Lipinski definition) is 1. The van der Waals surface area contributed by atoms with Crippen molar-refractivity contribution in [1.82, 2.24) is 5.32 Å². The molecule has 0 aromatic heterocycles. The van der Waals surface area contributed by atoms with Gasteiger partial charge in [0.25, 0.3) is 0 Å². The highest BCUT2D eigenvalue weighted by molar-refractivity contribution is 7.99. The fourth-order valence-electron chi connectivity index (χ4n) is 1.95. The second kappa shape index (κ2) is 11.8. The predicted octanol–water partition coefficient (Wildman–Crippen LogP) is 4.32. The van der Waals surface area contributed by atoms with Crippen LogP contribution in [0.25, 0.3) is 0 Å². The van der Waals surface area contributed by atoms with E-state index in [0.29, 0.717) is 0 Å². The fraction of sp³-hybridized carbons (Fsp3) is 1.00. The van der Waals surface area contributed by atoms with Crippen molar-refractivity contribution in [1.29, 1.82) is 0 Å². The molecule has 1 nitrogen and oxygen atoms in total. The Balaban J connectivity index is 3.87. The molecular weight excluding hydrogens is 214 g/mol. The van der Waals surface area contributed by atoms with Gasteiger partial charge in [0.05, 0.1) is 0 Å². The molecule has 0 saturated heterocycles. The molecular formula is C14H31NS. The van der Waals surface area contributed by atoms with E-state index >= 15 is 0 Å². The van der Waals surface area contributed by atoms with Crippen LogP contribution in [-0.2, 0) is 0 Å². The van der Waals surface area contributed by atoms with E-state index in [0.717, 1.165) is 12.0 Å². The average Bonchev–Trinajstić information content (AvgIpc) is 2.32. The molecule has 0 aliphatic rings. The zero-order valence-corrected chi connectivity index (χ0v) is 12.5. The first kappa shape index (κ1) is 16.3. The molecule has 0 aromatic carbocycles. The number of nitrogens with one attached hydrogen (secondary N) is 1. The van der Waals surface area contributed by atoms with Crippen molar-refractivity contribution in [3.05, 3.63) is 0 Å². The van der Waals surface area contributed by atoms with Gasteiger partial charge in [-0.05, 0) is 37.5 Å². The third-order valence-corrected chi connectivity index (χ3v) is 4.46. The van der Waals surface area contributed by atoms with Gasteiger partial charge in [-0.25, -0.2) is 0 Å². The van der Waals surface area contributed by atoms with E-state index in [2.05, 4.69) is 44.8 Å². The molecule has 0 radical (unpaired) electrons. The second-order valence-electron chi connectivity index (χ2n) is 4.64. The van der Waals surface area contributed by atoms with Crippen molar-refractivity contribution < 1.29 is 0 Å². The van der Waals surface area contributed by atoms with Crippen molar-refractivity contribution >= 4 is 11.8 Å². The van der Waals surface area contributed by atoms with Crippen molar-refractivity contribution in [2.45, 2.75) is 65.8 Å². The van der Waals surface area contributed by atoms with E-state index < -0.39 is 0 Å². The highest BCUT2D eigenvalue weighted by atomic mass is 32.2. The zero-order chi connectivity index (χ0) is 12.2. The Morgan fingerprint density at radius 1 is 1.00 bits per heavy atom. The third kappa shape index (κ3) is 8.46. The minimum atomic E-state index is 0.737. The normalized spacial score (nSPS) is 13.3. The Hall–Kier alpha value is 0.310. The van der Waals surface area contributed by atoms with Crippen molar-refractivity contribution in [3.8, 4) is 0 Å². The van der Waals surface area contributed by atoms with Gasteiger partial charge in [-0.1, -0.05) is 40.5 Å². The van der Waals surface area contributed by atoms with Crippen LogP contribution in [0.1, 0.15) is 59.8 Å². The molecule has 0 rings (SSSR count). The van der Waals surface area contributed by atoms with Crippen molar-refractivity contribution in [3.63, 3.8) is 0 Å². The van der Waals surface area contributed by atoms with Gasteiger partial charge in [-0.2, -0.15) is 11.8 Å². The fourth-order valence-corrected chi connectivity index (χ4v) is 2.95. The zero-order valence-electron chi connectivity index (χ0n) is 11.7. The molecule has 1 unspecified atom stereocenters. The molecule has 0 aliphatic heterocycles. The van der Waals surface area contributed by atoms with Crippen LogP contribution in [0.5, 0.6) is 0 Å². The van der Waals surface area contributed by atoms with E-state index in [1.807, 2.05) is 0 Å². The smallest absolute Gasteiger partial charge is 0.0160 e. The first-order chi connectivity index (χ1) is 7.78. The lowest BCUT2D eigenvalue weighted by Crippen LogP contribution is -2.34. The molecule has 0 heterocycles. The molecule has 16 heavy (non-hydrogen) atoms. The summed E-state index contributed by atoms with van der Waals surface area (Å²) in [4.78, 5) is 0. The summed E-state index contributed by atoms with van der Waals surface area (Å²) in [7, 11) is 0. The highest BCUT2D eigenvalue weighted by Gasteiger charge is 2.13. The molecule has 0 aromatic rings.